The van der Waals surface area contributed by atoms with Crippen LogP contribution in [0.15, 0.2) is 72.9 Å². The molecule has 1 aliphatic heterocycles. The molecule has 6 nitrogen and oxygen atoms in total. The SMILES string of the molecule is Cc1cccc(CC(NC(=O)Cc2ccc3[nH]cc(CCC(=O)O)c3c2)c2ccccc2N2CCCCC2)c1. The number of para-hydroxylation sites is 1. The van der Waals surface area contributed by atoms with Crippen molar-refractivity contribution in [2.75, 3.05) is 18.0 Å². The minimum atomic E-state index is -0.815. The summed E-state index contributed by atoms with van der Waals surface area (Å²) in [6, 6.07) is 22.8. The summed E-state index contributed by atoms with van der Waals surface area (Å²) >= 11 is 0. The molecule has 3 N–H and O–H groups in total. The molecule has 4 aromatic rings. The second-order valence-corrected chi connectivity index (χ2v) is 10.7. The predicted octanol–water partition coefficient (Wildman–Crippen LogP) is 6.13. The third-order valence-corrected chi connectivity index (χ3v) is 7.67. The number of hydrogen-bond donors (Lipinski definition) is 3. The van der Waals surface area contributed by atoms with Crippen molar-refractivity contribution >= 4 is 28.5 Å². The van der Waals surface area contributed by atoms with Crippen molar-refractivity contribution in [3.8, 4) is 0 Å². The molecular formula is C33H37N3O3. The van der Waals surface area contributed by atoms with Gasteiger partial charge in [-0.05, 0) is 79.5 Å². The van der Waals surface area contributed by atoms with Gasteiger partial charge in [0.2, 0.25) is 5.91 Å². The van der Waals surface area contributed by atoms with E-state index in [1.807, 2.05) is 24.4 Å². The van der Waals surface area contributed by atoms with Gasteiger partial charge in [0.25, 0.3) is 0 Å². The van der Waals surface area contributed by atoms with Crippen LogP contribution in [0.5, 0.6) is 0 Å². The number of aliphatic carboxylic acids is 1. The van der Waals surface area contributed by atoms with E-state index in [1.54, 1.807) is 0 Å². The van der Waals surface area contributed by atoms with Crippen molar-refractivity contribution in [3.63, 3.8) is 0 Å². The average molecular weight is 524 g/mol. The van der Waals surface area contributed by atoms with E-state index < -0.39 is 5.97 Å². The van der Waals surface area contributed by atoms with Crippen LogP contribution in [0.1, 0.15) is 59.5 Å². The van der Waals surface area contributed by atoms with Gasteiger partial charge in [-0.3, -0.25) is 9.59 Å². The minimum absolute atomic E-state index is 0.0249. The Bertz CT molecular complexity index is 1450. The number of carbonyl (C=O) groups is 2. The Morgan fingerprint density at radius 1 is 0.974 bits per heavy atom. The lowest BCUT2D eigenvalue weighted by molar-refractivity contribution is -0.137. The third kappa shape index (κ3) is 6.69. The van der Waals surface area contributed by atoms with Crippen LogP contribution in [0.2, 0.25) is 0 Å². The minimum Gasteiger partial charge on any atom is -0.481 e. The number of carboxylic acids is 1. The molecule has 0 saturated carbocycles. The molecule has 0 radical (unpaired) electrons. The number of aryl methyl sites for hydroxylation is 2. The van der Waals surface area contributed by atoms with E-state index in [4.69, 9.17) is 5.11 Å². The molecule has 39 heavy (non-hydrogen) atoms. The summed E-state index contributed by atoms with van der Waals surface area (Å²) in [4.78, 5) is 30.3. The van der Waals surface area contributed by atoms with Crippen LogP contribution in [-0.2, 0) is 28.9 Å². The molecule has 1 aromatic heterocycles. The molecule has 1 saturated heterocycles. The first-order valence-corrected chi connectivity index (χ1v) is 14.0. The van der Waals surface area contributed by atoms with E-state index in [9.17, 15) is 9.59 Å². The molecule has 3 aromatic carbocycles. The normalized spacial score (nSPS) is 14.3. The van der Waals surface area contributed by atoms with Gasteiger partial charge in [0.1, 0.15) is 0 Å². The second kappa shape index (κ2) is 12.2. The summed E-state index contributed by atoms with van der Waals surface area (Å²) < 4.78 is 0. The van der Waals surface area contributed by atoms with Crippen molar-refractivity contribution in [2.45, 2.75) is 57.9 Å². The van der Waals surface area contributed by atoms with Crippen molar-refractivity contribution < 1.29 is 14.7 Å². The average Bonchev–Trinajstić information content (AvgIpc) is 3.34. The standard InChI is InChI=1S/C33H37N3O3/c1-23-8-7-9-24(18-23)20-30(27-10-3-4-11-31(27)36-16-5-2-6-17-36)35-32(37)21-25-12-14-29-28(19-25)26(22-34-29)13-15-33(38)39/h3-4,7-12,14,18-19,22,30,34H,2,5-6,13,15-17,20-21H2,1H3,(H,35,37)(H,38,39). The first-order chi connectivity index (χ1) is 19.0. The second-order valence-electron chi connectivity index (χ2n) is 10.7. The van der Waals surface area contributed by atoms with E-state index >= 15 is 0 Å². The van der Waals surface area contributed by atoms with Crippen LogP contribution in [0.4, 0.5) is 5.69 Å². The summed E-state index contributed by atoms with van der Waals surface area (Å²) in [5.41, 5.74) is 7.61. The van der Waals surface area contributed by atoms with E-state index in [1.165, 1.54) is 36.1 Å². The maximum Gasteiger partial charge on any atom is 0.303 e. The number of nitrogens with one attached hydrogen (secondary N) is 2. The molecule has 1 amide bonds. The molecule has 1 aliphatic rings. The molecular weight excluding hydrogens is 486 g/mol. The molecule has 1 unspecified atom stereocenters. The van der Waals surface area contributed by atoms with E-state index in [-0.39, 0.29) is 24.8 Å². The number of benzene rings is 3. The van der Waals surface area contributed by atoms with E-state index in [2.05, 4.69) is 70.7 Å². The smallest absolute Gasteiger partial charge is 0.303 e. The number of fused-ring (bicyclic) bond motifs is 1. The van der Waals surface area contributed by atoms with Crippen molar-refractivity contribution in [1.29, 1.82) is 0 Å². The lowest BCUT2D eigenvalue weighted by Gasteiger charge is -2.33. The molecule has 5 rings (SSSR count). The molecule has 0 spiro atoms. The number of carbonyl (C=O) groups excluding carboxylic acids is 1. The van der Waals surface area contributed by atoms with Crippen molar-refractivity contribution in [2.24, 2.45) is 0 Å². The topological polar surface area (TPSA) is 85.4 Å². The first kappa shape index (κ1) is 26.5. The zero-order valence-corrected chi connectivity index (χ0v) is 22.6. The van der Waals surface area contributed by atoms with Crippen molar-refractivity contribution in [3.05, 3.63) is 101 Å². The van der Waals surface area contributed by atoms with Gasteiger partial charge in [-0.1, -0.05) is 54.1 Å². The van der Waals surface area contributed by atoms with Crippen LogP contribution in [0, 0.1) is 6.92 Å². The zero-order chi connectivity index (χ0) is 27.2. The van der Waals surface area contributed by atoms with Crippen LogP contribution in [0.3, 0.4) is 0 Å². The molecule has 6 heteroatoms. The highest BCUT2D eigenvalue weighted by Gasteiger charge is 2.22. The maximum absolute atomic E-state index is 13.5. The number of anilines is 1. The largest absolute Gasteiger partial charge is 0.481 e. The Kier molecular flexibility index (Phi) is 8.30. The Morgan fingerprint density at radius 3 is 2.59 bits per heavy atom. The number of rotatable bonds is 10. The quantitative estimate of drug-likeness (QED) is 0.234. The van der Waals surface area contributed by atoms with Crippen LogP contribution < -0.4 is 10.2 Å². The molecule has 1 atom stereocenters. The number of aromatic nitrogens is 1. The van der Waals surface area contributed by atoms with Gasteiger partial charge in [0, 0.05) is 42.3 Å². The number of hydrogen-bond acceptors (Lipinski definition) is 3. The molecule has 0 bridgehead atoms. The fourth-order valence-electron chi connectivity index (χ4n) is 5.73. The Balaban J connectivity index is 1.39. The number of aromatic amines is 1. The van der Waals surface area contributed by atoms with Gasteiger partial charge in [0.05, 0.1) is 12.5 Å². The van der Waals surface area contributed by atoms with E-state index in [0.29, 0.717) is 12.8 Å². The predicted molar refractivity (Wildman–Crippen MR) is 156 cm³/mol. The van der Waals surface area contributed by atoms with Gasteiger partial charge >= 0.3 is 5.97 Å². The molecule has 0 aliphatic carbocycles. The Morgan fingerprint density at radius 2 is 1.79 bits per heavy atom. The molecule has 202 valence electrons. The number of carboxylic acid groups (broad SMARTS) is 1. The number of H-pyrrole nitrogens is 1. The third-order valence-electron chi connectivity index (χ3n) is 7.67. The lowest BCUT2D eigenvalue weighted by Crippen LogP contribution is -2.35. The summed E-state index contributed by atoms with van der Waals surface area (Å²) in [7, 11) is 0. The van der Waals surface area contributed by atoms with Gasteiger partial charge in [-0.25, -0.2) is 0 Å². The summed E-state index contributed by atoms with van der Waals surface area (Å²) in [5, 5.41) is 13.4. The Labute approximate surface area is 230 Å². The van der Waals surface area contributed by atoms with E-state index in [0.717, 1.165) is 40.7 Å². The maximum atomic E-state index is 13.5. The van der Waals surface area contributed by atoms with Crippen LogP contribution in [0.25, 0.3) is 10.9 Å². The summed E-state index contributed by atoms with van der Waals surface area (Å²) in [6.07, 6.45) is 7.03. The Hall–Kier alpha value is -4.06. The lowest BCUT2D eigenvalue weighted by atomic mass is 9.95. The van der Waals surface area contributed by atoms with Crippen molar-refractivity contribution in [1.82, 2.24) is 10.3 Å². The van der Waals surface area contributed by atoms with Gasteiger partial charge in [-0.2, -0.15) is 0 Å². The zero-order valence-electron chi connectivity index (χ0n) is 22.6. The van der Waals surface area contributed by atoms with Gasteiger partial charge in [0.15, 0.2) is 0 Å². The van der Waals surface area contributed by atoms with Crippen LogP contribution >= 0.6 is 0 Å². The highest BCUT2D eigenvalue weighted by molar-refractivity contribution is 5.86. The van der Waals surface area contributed by atoms with Crippen LogP contribution in [-0.4, -0.2) is 35.1 Å². The molecule has 1 fully saturated rings. The highest BCUT2D eigenvalue weighted by Crippen LogP contribution is 2.31. The summed E-state index contributed by atoms with van der Waals surface area (Å²) in [6.45, 7) is 4.19. The van der Waals surface area contributed by atoms with Gasteiger partial charge < -0.3 is 20.3 Å². The number of amides is 1. The van der Waals surface area contributed by atoms with Gasteiger partial charge in [-0.15, -0.1) is 0 Å². The number of nitrogens with zero attached hydrogens (tertiary/aromatic N) is 1. The monoisotopic (exact) mass is 523 g/mol. The fraction of sp³-hybridized carbons (Fsp3) is 0.333. The highest BCUT2D eigenvalue weighted by atomic mass is 16.4. The first-order valence-electron chi connectivity index (χ1n) is 14.0. The summed E-state index contributed by atoms with van der Waals surface area (Å²) in [5.74, 6) is -0.840. The molecule has 2 heterocycles. The number of piperidine rings is 1. The fourth-order valence-corrected chi connectivity index (χ4v) is 5.73.